The smallest absolute Gasteiger partial charge is 0.148 e. The van der Waals surface area contributed by atoms with E-state index in [1.54, 1.807) is 6.92 Å². The quantitative estimate of drug-likeness (QED) is 0.526. The molecule has 3 nitrogen and oxygen atoms in total. The van der Waals surface area contributed by atoms with Gasteiger partial charge in [-0.1, -0.05) is 0 Å². The van der Waals surface area contributed by atoms with Crippen molar-refractivity contribution in [3.8, 4) is 0 Å². The van der Waals surface area contributed by atoms with Crippen LogP contribution in [0.25, 0.3) is 0 Å². The predicted octanol–water partition coefficient (Wildman–Crippen LogP) is -0.179. The summed E-state index contributed by atoms with van der Waals surface area (Å²) in [5, 5.41) is 0. The topological polar surface area (TPSA) is 23.6 Å². The maximum atomic E-state index is 11.1. The highest BCUT2D eigenvalue weighted by atomic mass is 16.1. The van der Waals surface area contributed by atoms with E-state index in [0.29, 0.717) is 0 Å². The molecule has 3 heteroatoms. The van der Waals surface area contributed by atoms with Gasteiger partial charge in [0.05, 0.1) is 6.04 Å². The van der Waals surface area contributed by atoms with Crippen LogP contribution >= 0.6 is 0 Å². The van der Waals surface area contributed by atoms with Gasteiger partial charge in [-0.15, -0.1) is 0 Å². The van der Waals surface area contributed by atoms with Crippen molar-refractivity contribution >= 4 is 5.78 Å². The van der Waals surface area contributed by atoms with Crippen molar-refractivity contribution in [2.45, 2.75) is 13.0 Å². The molecule has 0 amide bonds. The van der Waals surface area contributed by atoms with E-state index in [0.717, 1.165) is 19.6 Å². The van der Waals surface area contributed by atoms with Crippen LogP contribution in [0.3, 0.4) is 0 Å². The monoisotopic (exact) mass is 156 g/mol. The minimum Gasteiger partial charge on any atom is -0.303 e. The molecule has 0 aromatic carbocycles. The summed E-state index contributed by atoms with van der Waals surface area (Å²) in [6.07, 6.45) is 0. The molecule has 0 aliphatic carbocycles. The second-order valence-electron chi connectivity index (χ2n) is 3.37. The first-order valence-corrected chi connectivity index (χ1v) is 4.00. The average Bonchev–Trinajstić information content (AvgIpc) is 1.94. The number of carbonyl (C=O) groups is 1. The summed E-state index contributed by atoms with van der Waals surface area (Å²) >= 11 is 0. The number of nitrogens with zero attached hydrogens (tertiary/aromatic N) is 2. The molecule has 1 atom stereocenters. The van der Waals surface area contributed by atoms with E-state index < -0.39 is 0 Å². The van der Waals surface area contributed by atoms with Crippen molar-refractivity contribution in [2.75, 3.05) is 33.7 Å². The van der Waals surface area contributed by atoms with Crippen LogP contribution in [-0.4, -0.2) is 55.4 Å². The fourth-order valence-corrected chi connectivity index (χ4v) is 1.45. The highest BCUT2D eigenvalue weighted by Gasteiger charge is 2.25. The number of hydrogen-bond acceptors (Lipinski definition) is 3. The summed E-state index contributed by atoms with van der Waals surface area (Å²) in [5.41, 5.74) is 0. The lowest BCUT2D eigenvalue weighted by Gasteiger charge is -2.36. The summed E-state index contributed by atoms with van der Waals surface area (Å²) in [6.45, 7) is 4.62. The van der Waals surface area contributed by atoms with Gasteiger partial charge in [0.15, 0.2) is 0 Å². The summed E-state index contributed by atoms with van der Waals surface area (Å²) in [4.78, 5) is 15.4. The molecule has 1 heterocycles. The van der Waals surface area contributed by atoms with Gasteiger partial charge in [-0.05, 0) is 21.0 Å². The number of carbonyl (C=O) groups excluding carboxylic acids is 1. The molecule has 0 radical (unpaired) electrons. The van der Waals surface area contributed by atoms with E-state index in [1.807, 2.05) is 7.05 Å². The van der Waals surface area contributed by atoms with Crippen molar-refractivity contribution in [2.24, 2.45) is 0 Å². The van der Waals surface area contributed by atoms with Crippen LogP contribution in [0.4, 0.5) is 0 Å². The molecule has 0 N–H and O–H groups in total. The third-order valence-electron chi connectivity index (χ3n) is 2.32. The van der Waals surface area contributed by atoms with Gasteiger partial charge in [-0.2, -0.15) is 0 Å². The predicted molar refractivity (Wildman–Crippen MR) is 44.6 cm³/mol. The number of ketones is 1. The molecule has 64 valence electrons. The third kappa shape index (κ3) is 2.01. The molecule has 1 aliphatic heterocycles. The normalized spacial score (nSPS) is 28.8. The SMILES string of the molecule is CC(=O)C1CN(C)CCN1C. The Labute approximate surface area is 68.0 Å². The van der Waals surface area contributed by atoms with Gasteiger partial charge >= 0.3 is 0 Å². The van der Waals surface area contributed by atoms with Crippen molar-refractivity contribution in [3.05, 3.63) is 0 Å². The molecule has 0 aromatic heterocycles. The Morgan fingerprint density at radius 1 is 1.36 bits per heavy atom. The largest absolute Gasteiger partial charge is 0.303 e. The second kappa shape index (κ2) is 3.32. The Hall–Kier alpha value is -0.410. The van der Waals surface area contributed by atoms with E-state index in [4.69, 9.17) is 0 Å². The van der Waals surface area contributed by atoms with Crippen LogP contribution in [0, 0.1) is 0 Å². The molecule has 1 saturated heterocycles. The van der Waals surface area contributed by atoms with E-state index in [9.17, 15) is 4.79 Å². The maximum Gasteiger partial charge on any atom is 0.148 e. The van der Waals surface area contributed by atoms with Crippen molar-refractivity contribution < 1.29 is 4.79 Å². The average molecular weight is 156 g/mol. The summed E-state index contributed by atoms with van der Waals surface area (Å²) in [7, 11) is 4.07. The van der Waals surface area contributed by atoms with Gasteiger partial charge in [0.2, 0.25) is 0 Å². The molecule has 1 unspecified atom stereocenters. The van der Waals surface area contributed by atoms with Crippen LogP contribution in [0.15, 0.2) is 0 Å². The van der Waals surface area contributed by atoms with Gasteiger partial charge in [0.1, 0.15) is 5.78 Å². The molecule has 0 saturated carbocycles. The van der Waals surface area contributed by atoms with Gasteiger partial charge < -0.3 is 4.90 Å². The van der Waals surface area contributed by atoms with Crippen molar-refractivity contribution in [1.29, 1.82) is 0 Å². The lowest BCUT2D eigenvalue weighted by atomic mass is 10.1. The number of likely N-dealkylation sites (N-methyl/N-ethyl adjacent to an activating group) is 2. The highest BCUT2D eigenvalue weighted by Crippen LogP contribution is 2.05. The number of Topliss-reactive ketones (excluding diaryl/α,β-unsaturated/α-hetero) is 1. The number of hydrogen-bond donors (Lipinski definition) is 0. The number of rotatable bonds is 1. The molecule has 1 aliphatic rings. The Kier molecular flexibility index (Phi) is 2.62. The van der Waals surface area contributed by atoms with Gasteiger partial charge in [-0.3, -0.25) is 9.69 Å². The highest BCUT2D eigenvalue weighted by molar-refractivity contribution is 5.81. The fraction of sp³-hybridized carbons (Fsp3) is 0.875. The van der Waals surface area contributed by atoms with Crippen LogP contribution in [-0.2, 0) is 4.79 Å². The summed E-state index contributed by atoms with van der Waals surface area (Å²) in [5.74, 6) is 0.277. The minimum absolute atomic E-state index is 0.119. The molecule has 1 fully saturated rings. The first-order chi connectivity index (χ1) is 5.11. The van der Waals surface area contributed by atoms with Gasteiger partial charge in [-0.25, -0.2) is 0 Å². The molecule has 11 heavy (non-hydrogen) atoms. The Morgan fingerprint density at radius 3 is 2.45 bits per heavy atom. The lowest BCUT2D eigenvalue weighted by Crippen LogP contribution is -2.52. The molecule has 0 aromatic rings. The lowest BCUT2D eigenvalue weighted by molar-refractivity contribution is -0.123. The molecular weight excluding hydrogens is 140 g/mol. The summed E-state index contributed by atoms with van der Waals surface area (Å²) in [6, 6.07) is 0.119. The zero-order chi connectivity index (χ0) is 8.43. The first-order valence-electron chi connectivity index (χ1n) is 4.00. The Balaban J connectivity index is 2.54. The number of piperazine rings is 1. The van der Waals surface area contributed by atoms with Crippen molar-refractivity contribution in [3.63, 3.8) is 0 Å². The zero-order valence-electron chi connectivity index (χ0n) is 7.50. The van der Waals surface area contributed by atoms with Gasteiger partial charge in [0, 0.05) is 19.6 Å². The first kappa shape index (κ1) is 8.68. The van der Waals surface area contributed by atoms with E-state index in [1.165, 1.54) is 0 Å². The Bertz CT molecular complexity index is 158. The molecule has 0 spiro atoms. The van der Waals surface area contributed by atoms with E-state index in [2.05, 4.69) is 16.8 Å². The van der Waals surface area contributed by atoms with Crippen LogP contribution in [0.5, 0.6) is 0 Å². The van der Waals surface area contributed by atoms with Crippen LogP contribution < -0.4 is 0 Å². The van der Waals surface area contributed by atoms with Crippen molar-refractivity contribution in [1.82, 2.24) is 9.80 Å². The standard InChI is InChI=1S/C8H16N2O/c1-7(11)8-6-9(2)4-5-10(8)3/h8H,4-6H2,1-3H3. The van der Waals surface area contributed by atoms with E-state index >= 15 is 0 Å². The fourth-order valence-electron chi connectivity index (χ4n) is 1.45. The minimum atomic E-state index is 0.119. The second-order valence-corrected chi connectivity index (χ2v) is 3.37. The molecule has 0 bridgehead atoms. The molecular formula is C8H16N2O. The summed E-state index contributed by atoms with van der Waals surface area (Å²) < 4.78 is 0. The zero-order valence-corrected chi connectivity index (χ0v) is 7.50. The van der Waals surface area contributed by atoms with E-state index in [-0.39, 0.29) is 11.8 Å². The third-order valence-corrected chi connectivity index (χ3v) is 2.32. The molecule has 1 rings (SSSR count). The van der Waals surface area contributed by atoms with Gasteiger partial charge in [0.25, 0.3) is 0 Å². The maximum absolute atomic E-state index is 11.1. The van der Waals surface area contributed by atoms with Crippen LogP contribution in [0.1, 0.15) is 6.92 Å². The Morgan fingerprint density at radius 2 is 2.00 bits per heavy atom. The van der Waals surface area contributed by atoms with Crippen LogP contribution in [0.2, 0.25) is 0 Å².